The zero-order valence-electron chi connectivity index (χ0n) is 15.3. The van der Waals surface area contributed by atoms with Gasteiger partial charge in [0.05, 0.1) is 5.69 Å². The lowest BCUT2D eigenvalue weighted by Gasteiger charge is -2.17. The van der Waals surface area contributed by atoms with E-state index in [1.807, 2.05) is 0 Å². The molecule has 29 heavy (non-hydrogen) atoms. The van der Waals surface area contributed by atoms with Gasteiger partial charge in [-0.2, -0.15) is 0 Å². The molecule has 6 nitrogen and oxygen atoms in total. The minimum Gasteiger partial charge on any atom is -0.350 e. The number of benzene rings is 2. The quantitative estimate of drug-likeness (QED) is 0.779. The Morgan fingerprint density at radius 3 is 2.45 bits per heavy atom. The van der Waals surface area contributed by atoms with Crippen LogP contribution < -0.4 is 10.2 Å². The maximum atomic E-state index is 14.1. The Labute approximate surface area is 171 Å². The molecule has 2 aromatic carbocycles. The number of rotatable bonds is 4. The van der Waals surface area contributed by atoms with E-state index in [1.165, 1.54) is 18.2 Å². The number of imide groups is 1. The van der Waals surface area contributed by atoms with E-state index in [0.29, 0.717) is 16.2 Å². The highest BCUT2D eigenvalue weighted by molar-refractivity contribution is 6.53. The molecule has 1 saturated heterocycles. The van der Waals surface area contributed by atoms with Crippen molar-refractivity contribution in [3.8, 4) is 0 Å². The molecule has 0 saturated carbocycles. The lowest BCUT2D eigenvalue weighted by molar-refractivity contribution is -0.120. The summed E-state index contributed by atoms with van der Waals surface area (Å²) in [5, 5.41) is 2.48. The molecule has 0 spiro atoms. The third kappa shape index (κ3) is 3.49. The number of nitrogens with one attached hydrogen (secondary N) is 1. The van der Waals surface area contributed by atoms with E-state index in [1.54, 1.807) is 29.2 Å². The van der Waals surface area contributed by atoms with E-state index in [-0.39, 0.29) is 22.3 Å². The molecule has 0 aliphatic carbocycles. The lowest BCUT2D eigenvalue weighted by Crippen LogP contribution is -2.33. The Morgan fingerprint density at radius 1 is 1.00 bits per heavy atom. The van der Waals surface area contributed by atoms with Crippen LogP contribution in [0.4, 0.5) is 15.8 Å². The van der Waals surface area contributed by atoms with Crippen LogP contribution in [-0.4, -0.2) is 35.7 Å². The van der Waals surface area contributed by atoms with E-state index < -0.39 is 17.6 Å². The number of halogens is 2. The van der Waals surface area contributed by atoms with Crippen molar-refractivity contribution in [2.24, 2.45) is 0 Å². The van der Waals surface area contributed by atoms with Crippen LogP contribution in [0.1, 0.15) is 23.2 Å². The van der Waals surface area contributed by atoms with Gasteiger partial charge in [0.25, 0.3) is 17.7 Å². The van der Waals surface area contributed by atoms with Crippen LogP contribution in [0.25, 0.3) is 0 Å². The normalized spacial score (nSPS) is 16.8. The summed E-state index contributed by atoms with van der Waals surface area (Å²) < 4.78 is 14.1. The number of hydrogen-bond donors (Lipinski definition) is 1. The highest BCUT2D eigenvalue weighted by Crippen LogP contribution is 2.31. The van der Waals surface area contributed by atoms with Gasteiger partial charge in [0, 0.05) is 24.3 Å². The molecule has 2 heterocycles. The second kappa shape index (κ2) is 7.67. The van der Waals surface area contributed by atoms with Crippen molar-refractivity contribution in [3.63, 3.8) is 0 Å². The molecule has 2 aliphatic heterocycles. The molecule has 2 aliphatic rings. The fourth-order valence-corrected chi connectivity index (χ4v) is 3.65. The molecule has 0 bridgehead atoms. The van der Waals surface area contributed by atoms with Gasteiger partial charge in [0.1, 0.15) is 16.5 Å². The molecule has 0 aromatic heterocycles. The molecule has 3 amide bonds. The Hall–Kier alpha value is -3.19. The monoisotopic (exact) mass is 413 g/mol. The van der Waals surface area contributed by atoms with Crippen molar-refractivity contribution in [3.05, 3.63) is 70.6 Å². The smallest absolute Gasteiger partial charge is 0.283 e. The van der Waals surface area contributed by atoms with Gasteiger partial charge in [-0.1, -0.05) is 29.8 Å². The van der Waals surface area contributed by atoms with Crippen LogP contribution in [0, 0.1) is 5.82 Å². The van der Waals surface area contributed by atoms with Gasteiger partial charge in [-0.25, -0.2) is 9.29 Å². The predicted molar refractivity (Wildman–Crippen MR) is 107 cm³/mol. The SMILES string of the molecule is O=C(c1cccc(NC2=C(Cl)C(=O)N(c3ccccc3F)C2=O)c1)N1CCCC1. The summed E-state index contributed by atoms with van der Waals surface area (Å²) in [7, 11) is 0. The van der Waals surface area contributed by atoms with E-state index in [0.717, 1.165) is 32.0 Å². The van der Waals surface area contributed by atoms with Crippen LogP contribution >= 0.6 is 11.6 Å². The van der Waals surface area contributed by atoms with Crippen LogP contribution in [0.3, 0.4) is 0 Å². The number of nitrogens with zero attached hydrogens (tertiary/aromatic N) is 2. The Bertz CT molecular complexity index is 1050. The fourth-order valence-electron chi connectivity index (χ4n) is 3.44. The van der Waals surface area contributed by atoms with E-state index in [2.05, 4.69) is 5.32 Å². The number of hydrogen-bond acceptors (Lipinski definition) is 4. The molecule has 2 aromatic rings. The van der Waals surface area contributed by atoms with Crippen molar-refractivity contribution in [2.45, 2.75) is 12.8 Å². The zero-order chi connectivity index (χ0) is 20.5. The van der Waals surface area contributed by atoms with Gasteiger partial charge in [-0.05, 0) is 43.2 Å². The summed E-state index contributed by atoms with van der Waals surface area (Å²) in [6.45, 7) is 1.44. The third-order valence-electron chi connectivity index (χ3n) is 4.89. The molecule has 148 valence electrons. The van der Waals surface area contributed by atoms with Crippen LogP contribution in [0.15, 0.2) is 59.3 Å². The first-order valence-corrected chi connectivity index (χ1v) is 9.54. The van der Waals surface area contributed by atoms with Crippen molar-refractivity contribution in [1.29, 1.82) is 0 Å². The number of amides is 3. The first kappa shape index (κ1) is 19.1. The average molecular weight is 414 g/mol. The predicted octanol–water partition coefficient (Wildman–Crippen LogP) is 3.50. The number of anilines is 2. The minimum atomic E-state index is -0.812. The maximum Gasteiger partial charge on any atom is 0.283 e. The highest BCUT2D eigenvalue weighted by atomic mass is 35.5. The van der Waals surface area contributed by atoms with E-state index >= 15 is 0 Å². The number of para-hydroxylation sites is 1. The zero-order valence-corrected chi connectivity index (χ0v) is 16.1. The fraction of sp³-hybridized carbons (Fsp3) is 0.190. The summed E-state index contributed by atoms with van der Waals surface area (Å²) >= 11 is 6.08. The number of carbonyl (C=O) groups excluding carboxylic acids is 3. The van der Waals surface area contributed by atoms with Crippen LogP contribution in [0.2, 0.25) is 0 Å². The average Bonchev–Trinajstić information content (AvgIpc) is 3.33. The largest absolute Gasteiger partial charge is 0.350 e. The third-order valence-corrected chi connectivity index (χ3v) is 5.24. The number of carbonyl (C=O) groups is 3. The number of likely N-dealkylation sites (tertiary alicyclic amines) is 1. The molecule has 1 N–H and O–H groups in total. The van der Waals surface area contributed by atoms with Crippen LogP contribution in [-0.2, 0) is 9.59 Å². The summed E-state index contributed by atoms with van der Waals surface area (Å²) in [6.07, 6.45) is 1.96. The molecule has 0 unspecified atom stereocenters. The van der Waals surface area contributed by atoms with E-state index in [9.17, 15) is 18.8 Å². The van der Waals surface area contributed by atoms with Crippen molar-refractivity contribution >= 4 is 40.7 Å². The first-order chi connectivity index (χ1) is 14.0. The summed E-state index contributed by atoms with van der Waals surface area (Å²) in [5.41, 5.74) is 0.567. The van der Waals surface area contributed by atoms with Gasteiger partial charge < -0.3 is 10.2 Å². The molecular formula is C21H17ClFN3O3. The summed E-state index contributed by atoms with van der Waals surface area (Å²) in [5.74, 6) is -2.37. The standard InChI is InChI=1S/C21H17ClFN3O3/c22-17-18(21(29)26(20(17)28)16-9-2-1-8-15(16)23)24-14-7-5-6-13(12-14)19(27)25-10-3-4-11-25/h1-2,5-9,12,24H,3-4,10-11H2. The maximum absolute atomic E-state index is 14.1. The van der Waals surface area contributed by atoms with Gasteiger partial charge in [0.15, 0.2) is 0 Å². The molecule has 0 atom stereocenters. The van der Waals surface area contributed by atoms with E-state index in [4.69, 9.17) is 11.6 Å². The minimum absolute atomic E-state index is 0.0898. The van der Waals surface area contributed by atoms with Crippen LogP contribution in [0.5, 0.6) is 0 Å². The highest BCUT2D eigenvalue weighted by Gasteiger charge is 2.40. The molecule has 4 rings (SSSR count). The van der Waals surface area contributed by atoms with Crippen molar-refractivity contribution in [2.75, 3.05) is 23.3 Å². The Morgan fingerprint density at radius 2 is 1.72 bits per heavy atom. The second-order valence-corrected chi connectivity index (χ2v) is 7.17. The molecule has 1 fully saturated rings. The molecule has 0 radical (unpaired) electrons. The van der Waals surface area contributed by atoms with Crippen molar-refractivity contribution < 1.29 is 18.8 Å². The first-order valence-electron chi connectivity index (χ1n) is 9.17. The topological polar surface area (TPSA) is 69.7 Å². The Kier molecular flexibility index (Phi) is 5.07. The lowest BCUT2D eigenvalue weighted by atomic mass is 10.1. The molecule has 8 heteroatoms. The van der Waals surface area contributed by atoms with Crippen molar-refractivity contribution in [1.82, 2.24) is 4.90 Å². The van der Waals surface area contributed by atoms with Gasteiger partial charge in [0.2, 0.25) is 0 Å². The van der Waals surface area contributed by atoms with Gasteiger partial charge in [-0.15, -0.1) is 0 Å². The molecular weight excluding hydrogens is 397 g/mol. The van der Waals surface area contributed by atoms with Gasteiger partial charge in [-0.3, -0.25) is 14.4 Å². The second-order valence-electron chi connectivity index (χ2n) is 6.79. The summed E-state index contributed by atoms with van der Waals surface area (Å²) in [4.78, 5) is 40.3. The van der Waals surface area contributed by atoms with Gasteiger partial charge >= 0.3 is 0 Å². The Balaban J connectivity index is 1.59. The summed E-state index contributed by atoms with van der Waals surface area (Å²) in [6, 6.07) is 12.1.